The molecule has 0 saturated carbocycles. The van der Waals surface area contributed by atoms with E-state index in [4.69, 9.17) is 0 Å². The highest BCUT2D eigenvalue weighted by atomic mass is 16.5. The second-order valence-electron chi connectivity index (χ2n) is 1.85. The summed E-state index contributed by atoms with van der Waals surface area (Å²) in [5.41, 5.74) is 0. The van der Waals surface area contributed by atoms with Crippen LogP contribution in [0.4, 0.5) is 0 Å². The lowest BCUT2D eigenvalue weighted by Gasteiger charge is -1.90. The molecule has 4 nitrogen and oxygen atoms in total. The Bertz CT molecular complexity index is 251. The van der Waals surface area contributed by atoms with Gasteiger partial charge in [-0.1, -0.05) is 0 Å². The highest BCUT2D eigenvalue weighted by Gasteiger charge is 1.89. The molecule has 0 aromatic carbocycles. The first kappa shape index (κ1) is 7.53. The van der Waals surface area contributed by atoms with Gasteiger partial charge in [0.2, 0.25) is 0 Å². The van der Waals surface area contributed by atoms with Gasteiger partial charge < -0.3 is 9.30 Å². The van der Waals surface area contributed by atoms with Crippen molar-refractivity contribution in [2.24, 2.45) is 0 Å². The predicted molar refractivity (Wildman–Crippen MR) is 39.6 cm³/mol. The van der Waals surface area contributed by atoms with Crippen LogP contribution in [-0.2, 0) is 9.53 Å². The van der Waals surface area contributed by atoms with Crippen LogP contribution in [0, 0.1) is 0 Å². The molecule has 0 bridgehead atoms. The van der Waals surface area contributed by atoms with E-state index < -0.39 is 0 Å². The summed E-state index contributed by atoms with van der Waals surface area (Å²) in [7, 11) is 1.33. The number of hydrogen-bond acceptors (Lipinski definition) is 3. The fraction of sp³-hybridized carbons (Fsp3) is 0.143. The fourth-order valence-electron chi connectivity index (χ4n) is 0.573. The van der Waals surface area contributed by atoms with Gasteiger partial charge in [0.15, 0.2) is 0 Å². The van der Waals surface area contributed by atoms with Crippen LogP contribution in [0.1, 0.15) is 0 Å². The monoisotopic (exact) mass is 152 g/mol. The van der Waals surface area contributed by atoms with Gasteiger partial charge in [0.05, 0.1) is 13.4 Å². The van der Waals surface area contributed by atoms with Crippen molar-refractivity contribution in [3.63, 3.8) is 0 Å². The molecule has 0 atom stereocenters. The largest absolute Gasteiger partial charge is 0.466 e. The Hall–Kier alpha value is -1.58. The minimum absolute atomic E-state index is 0.376. The third kappa shape index (κ3) is 2.25. The number of aromatic nitrogens is 2. The Morgan fingerprint density at radius 1 is 1.73 bits per heavy atom. The van der Waals surface area contributed by atoms with Gasteiger partial charge in [-0.15, -0.1) is 0 Å². The molecule has 1 aromatic heterocycles. The average Bonchev–Trinajstić information content (AvgIpc) is 2.52. The van der Waals surface area contributed by atoms with Crippen LogP contribution in [0.2, 0.25) is 0 Å². The van der Waals surface area contributed by atoms with E-state index in [2.05, 4.69) is 9.72 Å². The van der Waals surface area contributed by atoms with E-state index in [1.807, 2.05) is 0 Å². The Morgan fingerprint density at radius 2 is 2.55 bits per heavy atom. The maximum absolute atomic E-state index is 10.6. The molecule has 0 radical (unpaired) electrons. The average molecular weight is 152 g/mol. The highest BCUT2D eigenvalue weighted by molar-refractivity contribution is 5.84. The number of methoxy groups -OCH3 is 1. The van der Waals surface area contributed by atoms with Crippen LogP contribution in [0.3, 0.4) is 0 Å². The molecule has 0 spiro atoms. The van der Waals surface area contributed by atoms with E-state index in [0.717, 1.165) is 0 Å². The zero-order valence-corrected chi connectivity index (χ0v) is 6.10. The number of carbonyl (C=O) groups excluding carboxylic acids is 1. The van der Waals surface area contributed by atoms with Gasteiger partial charge in [0, 0.05) is 24.7 Å². The number of rotatable bonds is 2. The summed E-state index contributed by atoms with van der Waals surface area (Å²) in [6.45, 7) is 0. The van der Waals surface area contributed by atoms with Crippen LogP contribution in [0.15, 0.2) is 24.8 Å². The van der Waals surface area contributed by atoms with Gasteiger partial charge in [-0.05, 0) is 0 Å². The van der Waals surface area contributed by atoms with Crippen LogP contribution < -0.4 is 0 Å². The molecule has 0 aliphatic heterocycles. The molecule has 0 N–H and O–H groups in total. The zero-order valence-electron chi connectivity index (χ0n) is 6.10. The lowest BCUT2D eigenvalue weighted by Crippen LogP contribution is -1.94. The number of ether oxygens (including phenoxy) is 1. The van der Waals surface area contributed by atoms with Crippen LogP contribution in [0.5, 0.6) is 0 Å². The van der Waals surface area contributed by atoms with Crippen LogP contribution in [0.25, 0.3) is 6.20 Å². The summed E-state index contributed by atoms with van der Waals surface area (Å²) in [5.74, 6) is -0.376. The van der Waals surface area contributed by atoms with Crippen molar-refractivity contribution in [1.82, 2.24) is 9.55 Å². The van der Waals surface area contributed by atoms with Gasteiger partial charge in [-0.3, -0.25) is 0 Å². The van der Waals surface area contributed by atoms with Crippen molar-refractivity contribution >= 4 is 12.2 Å². The van der Waals surface area contributed by atoms with Crippen LogP contribution >= 0.6 is 0 Å². The Morgan fingerprint density at radius 3 is 3.09 bits per heavy atom. The van der Waals surface area contributed by atoms with Crippen molar-refractivity contribution in [2.45, 2.75) is 0 Å². The van der Waals surface area contributed by atoms with Gasteiger partial charge in [0.1, 0.15) is 0 Å². The second kappa shape index (κ2) is 3.55. The summed E-state index contributed by atoms with van der Waals surface area (Å²) >= 11 is 0. The van der Waals surface area contributed by atoms with E-state index in [9.17, 15) is 4.79 Å². The number of nitrogens with zero attached hydrogens (tertiary/aromatic N) is 2. The maximum Gasteiger partial charge on any atom is 0.331 e. The zero-order chi connectivity index (χ0) is 8.10. The fourth-order valence-corrected chi connectivity index (χ4v) is 0.573. The molecule has 0 unspecified atom stereocenters. The Balaban J connectivity index is 2.55. The predicted octanol–water partition coefficient (Wildman–Crippen LogP) is 0.527. The minimum Gasteiger partial charge on any atom is -0.466 e. The third-order valence-corrected chi connectivity index (χ3v) is 1.11. The third-order valence-electron chi connectivity index (χ3n) is 1.11. The van der Waals surface area contributed by atoms with E-state index in [0.29, 0.717) is 0 Å². The number of carbonyl (C=O) groups is 1. The summed E-state index contributed by atoms with van der Waals surface area (Å²) < 4.78 is 6.04. The van der Waals surface area contributed by atoms with Gasteiger partial charge in [-0.2, -0.15) is 0 Å². The maximum atomic E-state index is 10.6. The smallest absolute Gasteiger partial charge is 0.331 e. The summed E-state index contributed by atoms with van der Waals surface area (Å²) in [6.07, 6.45) is 7.82. The van der Waals surface area contributed by atoms with Crippen molar-refractivity contribution in [3.8, 4) is 0 Å². The van der Waals surface area contributed by atoms with E-state index in [1.165, 1.54) is 13.2 Å². The summed E-state index contributed by atoms with van der Waals surface area (Å²) in [6, 6.07) is 0. The lowest BCUT2D eigenvalue weighted by molar-refractivity contribution is -0.134. The van der Waals surface area contributed by atoms with Crippen LogP contribution in [-0.4, -0.2) is 22.6 Å². The molecule has 1 aromatic rings. The van der Waals surface area contributed by atoms with Crippen molar-refractivity contribution in [1.29, 1.82) is 0 Å². The molecule has 0 amide bonds. The van der Waals surface area contributed by atoms with Gasteiger partial charge in [0.25, 0.3) is 0 Å². The van der Waals surface area contributed by atoms with Crippen molar-refractivity contribution < 1.29 is 9.53 Å². The molecule has 0 saturated heterocycles. The lowest BCUT2D eigenvalue weighted by atomic mass is 10.6. The van der Waals surface area contributed by atoms with E-state index >= 15 is 0 Å². The Labute approximate surface area is 64.1 Å². The molecule has 0 aliphatic rings. The summed E-state index contributed by atoms with van der Waals surface area (Å²) in [4.78, 5) is 14.3. The SMILES string of the molecule is COC(=O)C=Cn1ccnc1. The normalized spacial score (nSPS) is 10.3. The molecular formula is C7H8N2O2. The molecule has 1 rings (SSSR count). The molecule has 58 valence electrons. The molecule has 4 heteroatoms. The molecule has 0 aliphatic carbocycles. The van der Waals surface area contributed by atoms with Crippen molar-refractivity contribution in [2.75, 3.05) is 7.11 Å². The number of imidazole rings is 1. The minimum atomic E-state index is -0.376. The molecule has 0 fully saturated rings. The molecular weight excluding hydrogens is 144 g/mol. The van der Waals surface area contributed by atoms with E-state index in [-0.39, 0.29) is 5.97 Å². The number of hydrogen-bond donors (Lipinski definition) is 0. The highest BCUT2D eigenvalue weighted by Crippen LogP contribution is 1.87. The number of esters is 1. The van der Waals surface area contributed by atoms with Gasteiger partial charge >= 0.3 is 5.97 Å². The first-order valence-corrected chi connectivity index (χ1v) is 3.06. The summed E-state index contributed by atoms with van der Waals surface area (Å²) in [5, 5.41) is 0. The standard InChI is InChI=1S/C7H8N2O2/c1-11-7(10)2-4-9-5-3-8-6-9/h2-6H,1H3. The Kier molecular flexibility index (Phi) is 2.43. The quantitative estimate of drug-likeness (QED) is 0.458. The second-order valence-corrected chi connectivity index (χ2v) is 1.85. The molecule has 1 heterocycles. The van der Waals surface area contributed by atoms with Crippen molar-refractivity contribution in [3.05, 3.63) is 24.8 Å². The van der Waals surface area contributed by atoms with E-state index in [1.54, 1.807) is 29.5 Å². The first-order chi connectivity index (χ1) is 5.33. The topological polar surface area (TPSA) is 44.1 Å². The molecule has 11 heavy (non-hydrogen) atoms. The van der Waals surface area contributed by atoms with Gasteiger partial charge in [-0.25, -0.2) is 9.78 Å². The first-order valence-electron chi connectivity index (χ1n) is 3.06.